The van der Waals surface area contributed by atoms with E-state index in [1.54, 1.807) is 28.4 Å². The zero-order valence-corrected chi connectivity index (χ0v) is 16.8. The average Bonchev–Trinajstić information content (AvgIpc) is 3.66. The lowest BCUT2D eigenvalue weighted by atomic mass is 9.78. The Kier molecular flexibility index (Phi) is 4.48. The van der Waals surface area contributed by atoms with Crippen molar-refractivity contribution in [2.24, 2.45) is 0 Å². The van der Waals surface area contributed by atoms with Crippen molar-refractivity contribution in [3.63, 3.8) is 0 Å². The Morgan fingerprint density at radius 2 is 1.07 bits per heavy atom. The Morgan fingerprint density at radius 3 is 1.36 bits per heavy atom. The van der Waals surface area contributed by atoms with Gasteiger partial charge < -0.3 is 18.9 Å². The predicted molar refractivity (Wildman–Crippen MR) is 106 cm³/mol. The Balaban J connectivity index is 1.78. The number of Topliss-reactive ketones (excluding diaryl/α,β-unsaturated/α-hetero) is 1. The van der Waals surface area contributed by atoms with E-state index in [0.717, 1.165) is 59.8 Å². The minimum absolute atomic E-state index is 0.248. The van der Waals surface area contributed by atoms with E-state index in [9.17, 15) is 4.79 Å². The maximum Gasteiger partial charge on any atom is 0.154 e. The van der Waals surface area contributed by atoms with Crippen LogP contribution in [0.15, 0.2) is 36.4 Å². The zero-order chi connectivity index (χ0) is 19.9. The van der Waals surface area contributed by atoms with Gasteiger partial charge in [0, 0.05) is 11.1 Å². The van der Waals surface area contributed by atoms with Gasteiger partial charge in [0.2, 0.25) is 0 Å². The number of benzene rings is 2. The molecule has 0 N–H and O–H groups in total. The molecule has 2 saturated carbocycles. The molecule has 0 bridgehead atoms. The molecule has 2 aromatic carbocycles. The summed E-state index contributed by atoms with van der Waals surface area (Å²) in [5.41, 5.74) is 0.801. The highest BCUT2D eigenvalue weighted by atomic mass is 16.5. The highest BCUT2D eigenvalue weighted by Gasteiger charge is 2.64. The highest BCUT2D eigenvalue weighted by molar-refractivity contribution is 6.04. The fourth-order valence-corrected chi connectivity index (χ4v) is 4.32. The van der Waals surface area contributed by atoms with Gasteiger partial charge in [-0.3, -0.25) is 4.79 Å². The maximum atomic E-state index is 14.0. The van der Waals surface area contributed by atoms with Gasteiger partial charge in [-0.15, -0.1) is 0 Å². The second-order valence-corrected chi connectivity index (χ2v) is 7.63. The van der Waals surface area contributed by atoms with Crippen molar-refractivity contribution >= 4 is 5.78 Å². The number of hydrogen-bond acceptors (Lipinski definition) is 5. The van der Waals surface area contributed by atoms with Crippen LogP contribution in [0, 0.1) is 0 Å². The van der Waals surface area contributed by atoms with E-state index >= 15 is 0 Å². The number of hydrogen-bond donors (Lipinski definition) is 0. The summed E-state index contributed by atoms with van der Waals surface area (Å²) in [5.74, 6) is 3.19. The predicted octanol–water partition coefficient (Wildman–Crippen LogP) is 4.05. The van der Waals surface area contributed by atoms with E-state index in [4.69, 9.17) is 18.9 Å². The molecular formula is C23H26O5. The number of ketones is 1. The molecule has 0 saturated heterocycles. The van der Waals surface area contributed by atoms with Crippen LogP contribution in [0.4, 0.5) is 0 Å². The van der Waals surface area contributed by atoms with E-state index in [-0.39, 0.29) is 5.78 Å². The molecular weight excluding hydrogens is 356 g/mol. The van der Waals surface area contributed by atoms with Crippen LogP contribution in [0.3, 0.4) is 0 Å². The van der Waals surface area contributed by atoms with Crippen LogP contribution in [-0.2, 0) is 15.6 Å². The second-order valence-electron chi connectivity index (χ2n) is 7.63. The molecule has 0 unspecified atom stereocenters. The van der Waals surface area contributed by atoms with Crippen molar-refractivity contribution in [2.45, 2.75) is 36.5 Å². The average molecular weight is 382 g/mol. The van der Waals surface area contributed by atoms with E-state index in [1.807, 2.05) is 36.4 Å². The van der Waals surface area contributed by atoms with Gasteiger partial charge in [0.15, 0.2) is 5.78 Å². The SMILES string of the molecule is COc1ccc(OC)c(C2(C(=O)C3(c4cc(OC)ccc4OC)CC3)CC2)c1. The molecule has 2 aliphatic carbocycles. The summed E-state index contributed by atoms with van der Waals surface area (Å²) in [6.07, 6.45) is 3.29. The number of rotatable bonds is 8. The number of carbonyl (C=O) groups is 1. The fraction of sp³-hybridized carbons (Fsp3) is 0.435. The van der Waals surface area contributed by atoms with Gasteiger partial charge in [-0.25, -0.2) is 0 Å². The van der Waals surface area contributed by atoms with Gasteiger partial charge in [0.05, 0.1) is 39.3 Å². The molecule has 28 heavy (non-hydrogen) atoms. The lowest BCUT2D eigenvalue weighted by Crippen LogP contribution is -2.33. The highest BCUT2D eigenvalue weighted by Crippen LogP contribution is 2.63. The number of carbonyl (C=O) groups excluding carboxylic acids is 1. The zero-order valence-electron chi connectivity index (χ0n) is 16.8. The van der Waals surface area contributed by atoms with E-state index in [1.165, 1.54) is 0 Å². The van der Waals surface area contributed by atoms with Gasteiger partial charge in [-0.2, -0.15) is 0 Å². The number of ether oxygens (including phenoxy) is 4. The largest absolute Gasteiger partial charge is 0.497 e. The topological polar surface area (TPSA) is 54.0 Å². The third-order valence-electron chi connectivity index (χ3n) is 6.21. The summed E-state index contributed by atoms with van der Waals surface area (Å²) in [4.78, 5) is 14.0. The van der Waals surface area contributed by atoms with E-state index in [2.05, 4.69) is 0 Å². The number of methoxy groups -OCH3 is 4. The molecule has 2 aromatic rings. The molecule has 0 atom stereocenters. The van der Waals surface area contributed by atoms with Crippen LogP contribution in [0.5, 0.6) is 23.0 Å². The minimum Gasteiger partial charge on any atom is -0.497 e. The van der Waals surface area contributed by atoms with Crippen LogP contribution in [0.1, 0.15) is 36.8 Å². The summed E-state index contributed by atoms with van der Waals surface area (Å²) in [6.45, 7) is 0. The summed E-state index contributed by atoms with van der Waals surface area (Å²) in [6, 6.07) is 11.4. The second kappa shape index (κ2) is 6.73. The van der Waals surface area contributed by atoms with Crippen molar-refractivity contribution < 1.29 is 23.7 Å². The van der Waals surface area contributed by atoms with Crippen LogP contribution >= 0.6 is 0 Å². The first-order valence-corrected chi connectivity index (χ1v) is 9.54. The lowest BCUT2D eigenvalue weighted by Gasteiger charge is -2.25. The molecule has 0 aliphatic heterocycles. The molecule has 0 aromatic heterocycles. The summed E-state index contributed by atoms with van der Waals surface area (Å²) < 4.78 is 22.0. The molecule has 0 amide bonds. The summed E-state index contributed by atoms with van der Waals surface area (Å²) >= 11 is 0. The molecule has 0 spiro atoms. The first-order valence-electron chi connectivity index (χ1n) is 9.54. The van der Waals surface area contributed by atoms with Crippen LogP contribution < -0.4 is 18.9 Å². The Morgan fingerprint density at radius 1 is 0.679 bits per heavy atom. The Hall–Kier alpha value is -2.69. The van der Waals surface area contributed by atoms with Gasteiger partial charge in [-0.1, -0.05) is 0 Å². The van der Waals surface area contributed by atoms with Gasteiger partial charge in [0.25, 0.3) is 0 Å². The van der Waals surface area contributed by atoms with Crippen LogP contribution in [0.25, 0.3) is 0 Å². The van der Waals surface area contributed by atoms with E-state index < -0.39 is 10.8 Å². The van der Waals surface area contributed by atoms with Crippen molar-refractivity contribution in [2.75, 3.05) is 28.4 Å². The quantitative estimate of drug-likeness (QED) is 0.689. The van der Waals surface area contributed by atoms with Crippen LogP contribution in [0.2, 0.25) is 0 Å². The molecule has 0 radical (unpaired) electrons. The molecule has 5 nitrogen and oxygen atoms in total. The molecule has 4 rings (SSSR count). The standard InChI is InChI=1S/C23H26O5/c1-25-15-5-7-19(27-3)17(13-15)22(9-10-22)21(24)23(11-12-23)18-14-16(26-2)6-8-20(18)28-4/h5-8,13-14H,9-12H2,1-4H3. The molecule has 5 heteroatoms. The summed E-state index contributed by atoms with van der Waals surface area (Å²) in [5, 5.41) is 0. The van der Waals surface area contributed by atoms with Crippen molar-refractivity contribution in [3.8, 4) is 23.0 Å². The van der Waals surface area contributed by atoms with Crippen molar-refractivity contribution in [1.82, 2.24) is 0 Å². The fourth-order valence-electron chi connectivity index (χ4n) is 4.32. The normalized spacial score (nSPS) is 18.1. The minimum atomic E-state index is -0.523. The first-order chi connectivity index (χ1) is 13.5. The maximum absolute atomic E-state index is 14.0. The monoisotopic (exact) mass is 382 g/mol. The summed E-state index contributed by atoms with van der Waals surface area (Å²) in [7, 11) is 6.56. The van der Waals surface area contributed by atoms with Gasteiger partial charge in [-0.05, 0) is 62.1 Å². The van der Waals surface area contributed by atoms with Gasteiger partial charge >= 0.3 is 0 Å². The molecule has 2 fully saturated rings. The first kappa shape index (κ1) is 18.7. The third kappa shape index (κ3) is 2.72. The third-order valence-corrected chi connectivity index (χ3v) is 6.21. The Bertz CT molecular complexity index is 836. The van der Waals surface area contributed by atoms with Crippen LogP contribution in [-0.4, -0.2) is 34.2 Å². The lowest BCUT2D eigenvalue weighted by molar-refractivity contribution is -0.124. The molecule has 2 aliphatic rings. The van der Waals surface area contributed by atoms with Crippen molar-refractivity contribution in [3.05, 3.63) is 47.5 Å². The smallest absolute Gasteiger partial charge is 0.154 e. The molecule has 0 heterocycles. The molecule has 148 valence electrons. The van der Waals surface area contributed by atoms with E-state index in [0.29, 0.717) is 0 Å². The van der Waals surface area contributed by atoms with Gasteiger partial charge in [0.1, 0.15) is 23.0 Å². The Labute approximate surface area is 165 Å². The van der Waals surface area contributed by atoms with Crippen molar-refractivity contribution in [1.29, 1.82) is 0 Å².